The monoisotopic (exact) mass is 778 g/mol. The highest BCUT2D eigenvalue weighted by molar-refractivity contribution is 6.11. The van der Waals surface area contributed by atoms with Gasteiger partial charge in [-0.1, -0.05) is 176 Å². The van der Waals surface area contributed by atoms with Crippen LogP contribution in [0.25, 0.3) is 93.6 Å². The highest BCUT2D eigenvalue weighted by Crippen LogP contribution is 2.43. The molecule has 0 atom stereocenters. The smallest absolute Gasteiger partial charge is 0.143 e. The number of aromatic nitrogens is 1. The van der Waals surface area contributed by atoms with E-state index in [0.717, 1.165) is 72.5 Å². The highest BCUT2D eigenvalue weighted by Gasteiger charge is 2.19. The molecule has 286 valence electrons. The molecule has 0 bridgehead atoms. The van der Waals surface area contributed by atoms with Crippen LogP contribution in [-0.4, -0.2) is 4.57 Å². The van der Waals surface area contributed by atoms with Gasteiger partial charge in [-0.2, -0.15) is 0 Å². The van der Waals surface area contributed by atoms with E-state index >= 15 is 0 Å². The molecule has 0 spiro atoms. The van der Waals surface area contributed by atoms with E-state index in [9.17, 15) is 0 Å². The Morgan fingerprint density at radius 3 is 1.69 bits per heavy atom. The van der Waals surface area contributed by atoms with E-state index in [-0.39, 0.29) is 0 Å². The van der Waals surface area contributed by atoms with Crippen molar-refractivity contribution in [3.63, 3.8) is 0 Å². The minimum Gasteiger partial charge on any atom is -0.455 e. The summed E-state index contributed by atoms with van der Waals surface area (Å²) in [6.45, 7) is 0. The summed E-state index contributed by atoms with van der Waals surface area (Å²) in [5.41, 5.74) is 15.5. The van der Waals surface area contributed by atoms with Crippen molar-refractivity contribution in [2.24, 2.45) is 0 Å². The molecule has 2 heterocycles. The van der Waals surface area contributed by atoms with Crippen molar-refractivity contribution in [3.05, 3.63) is 231 Å². The molecule has 0 aliphatic heterocycles. The number of fused-ring (bicyclic) bond motifs is 7. The molecule has 0 saturated carbocycles. The van der Waals surface area contributed by atoms with Crippen molar-refractivity contribution in [2.45, 2.75) is 0 Å². The van der Waals surface area contributed by atoms with Gasteiger partial charge in [0.25, 0.3) is 0 Å². The molecule has 3 nitrogen and oxygen atoms in total. The molecule has 0 aliphatic carbocycles. The molecule has 0 fully saturated rings. The lowest BCUT2D eigenvalue weighted by atomic mass is 9.98. The minimum atomic E-state index is 0.912. The lowest BCUT2D eigenvalue weighted by molar-refractivity contribution is 0.670. The number of anilines is 3. The van der Waals surface area contributed by atoms with Crippen molar-refractivity contribution < 1.29 is 4.42 Å². The number of furan rings is 1. The summed E-state index contributed by atoms with van der Waals surface area (Å²) >= 11 is 0. The Kier molecular flexibility index (Phi) is 8.17. The second kappa shape index (κ2) is 14.3. The quantitative estimate of drug-likeness (QED) is 0.161. The van der Waals surface area contributed by atoms with Gasteiger partial charge < -0.3 is 13.9 Å². The second-order valence-corrected chi connectivity index (χ2v) is 15.7. The maximum absolute atomic E-state index is 6.37. The second-order valence-electron chi connectivity index (χ2n) is 15.7. The van der Waals surface area contributed by atoms with E-state index in [4.69, 9.17) is 4.42 Å². The fraction of sp³-hybridized carbons (Fsp3) is 0. The first-order chi connectivity index (χ1) is 30.3. The molecule has 10 aromatic carbocycles. The Balaban J connectivity index is 0.946. The third-order valence-electron chi connectivity index (χ3n) is 12.2. The van der Waals surface area contributed by atoms with Crippen LogP contribution in [0.2, 0.25) is 0 Å². The van der Waals surface area contributed by atoms with Crippen molar-refractivity contribution >= 4 is 71.6 Å². The van der Waals surface area contributed by atoms with Gasteiger partial charge in [-0.15, -0.1) is 0 Å². The maximum Gasteiger partial charge on any atom is 0.143 e. The third-order valence-corrected chi connectivity index (χ3v) is 12.2. The van der Waals surface area contributed by atoms with Gasteiger partial charge in [-0.3, -0.25) is 0 Å². The van der Waals surface area contributed by atoms with E-state index in [1.165, 1.54) is 38.1 Å². The summed E-state index contributed by atoms with van der Waals surface area (Å²) < 4.78 is 8.78. The molecule has 0 aliphatic rings. The number of hydrogen-bond donors (Lipinski definition) is 0. The molecule has 0 radical (unpaired) electrons. The lowest BCUT2D eigenvalue weighted by Crippen LogP contribution is -2.10. The number of benzene rings is 10. The largest absolute Gasteiger partial charge is 0.455 e. The average Bonchev–Trinajstić information content (AvgIpc) is 3.88. The SMILES string of the molecule is c1cc(-c2ccccc2-n2c3ccccc3c3ccccc32)cc(N(c2ccc(-c3ccc(-c4cccc5c4oc4ccccc45)cc3)cc2)c2cccc3ccccc23)c1. The van der Waals surface area contributed by atoms with Crippen LogP contribution in [0.15, 0.2) is 235 Å². The summed E-state index contributed by atoms with van der Waals surface area (Å²) in [7, 11) is 0. The molecule has 12 aromatic rings. The Bertz CT molecular complexity index is 3530. The minimum absolute atomic E-state index is 0.912. The number of rotatable bonds is 7. The van der Waals surface area contributed by atoms with Crippen LogP contribution in [0.3, 0.4) is 0 Å². The predicted octanol–water partition coefficient (Wildman–Crippen LogP) is 16.3. The maximum atomic E-state index is 6.37. The Morgan fingerprint density at radius 2 is 0.902 bits per heavy atom. The summed E-state index contributed by atoms with van der Waals surface area (Å²) in [6, 6.07) is 82.9. The summed E-state index contributed by atoms with van der Waals surface area (Å²) in [5, 5.41) is 7.19. The lowest BCUT2D eigenvalue weighted by Gasteiger charge is -2.27. The Hall–Kier alpha value is -8.14. The van der Waals surface area contributed by atoms with Crippen LogP contribution in [0, 0.1) is 0 Å². The third kappa shape index (κ3) is 5.82. The first-order valence-electron chi connectivity index (χ1n) is 20.8. The number of para-hydroxylation sites is 5. The molecule has 0 N–H and O–H groups in total. The van der Waals surface area contributed by atoms with Crippen LogP contribution >= 0.6 is 0 Å². The van der Waals surface area contributed by atoms with Crippen molar-refractivity contribution in [3.8, 4) is 39.1 Å². The van der Waals surface area contributed by atoms with Gasteiger partial charge in [0.05, 0.1) is 22.4 Å². The molecule has 12 rings (SSSR count). The van der Waals surface area contributed by atoms with E-state index in [1.54, 1.807) is 0 Å². The molecule has 0 amide bonds. The van der Waals surface area contributed by atoms with Gasteiger partial charge in [-0.25, -0.2) is 0 Å². The van der Waals surface area contributed by atoms with Crippen molar-refractivity contribution in [1.82, 2.24) is 4.57 Å². The van der Waals surface area contributed by atoms with Gasteiger partial charge in [0.2, 0.25) is 0 Å². The van der Waals surface area contributed by atoms with Crippen LogP contribution in [0.5, 0.6) is 0 Å². The standard InChI is InChI=1S/C58H38N2O/c1-2-18-46-41(14-1)15-12-28-53(46)59(44-36-34-40(35-37-44)39-30-32-42(33-31-39)48-23-13-24-52-51-22-6-10-29-57(51)61-58(48)52)45-17-11-16-43(38-45)47-19-3-7-25-54(47)60-55-26-8-4-20-49(55)50-21-5-9-27-56(50)60/h1-38H. The van der Waals surface area contributed by atoms with Crippen LogP contribution in [0.1, 0.15) is 0 Å². The van der Waals surface area contributed by atoms with Gasteiger partial charge in [-0.05, 0) is 82.2 Å². The topological polar surface area (TPSA) is 21.3 Å². The van der Waals surface area contributed by atoms with Gasteiger partial charge in [0.1, 0.15) is 11.2 Å². The zero-order chi connectivity index (χ0) is 40.3. The summed E-state index contributed by atoms with van der Waals surface area (Å²) in [5.74, 6) is 0. The molecule has 61 heavy (non-hydrogen) atoms. The van der Waals surface area contributed by atoms with E-state index in [0.29, 0.717) is 0 Å². The first kappa shape index (κ1) is 34.9. The zero-order valence-corrected chi connectivity index (χ0v) is 33.2. The van der Waals surface area contributed by atoms with Crippen molar-refractivity contribution in [1.29, 1.82) is 0 Å². The molecular weight excluding hydrogens is 741 g/mol. The predicted molar refractivity (Wildman–Crippen MR) is 257 cm³/mol. The molecule has 3 heteroatoms. The summed E-state index contributed by atoms with van der Waals surface area (Å²) in [4.78, 5) is 2.40. The van der Waals surface area contributed by atoms with Gasteiger partial charge >= 0.3 is 0 Å². The fourth-order valence-corrected chi connectivity index (χ4v) is 9.36. The molecule has 0 unspecified atom stereocenters. The van der Waals surface area contributed by atoms with E-state index < -0.39 is 0 Å². The molecular formula is C58H38N2O. The summed E-state index contributed by atoms with van der Waals surface area (Å²) in [6.07, 6.45) is 0. The normalized spacial score (nSPS) is 11.6. The number of nitrogens with zero attached hydrogens (tertiary/aromatic N) is 2. The van der Waals surface area contributed by atoms with Crippen LogP contribution in [-0.2, 0) is 0 Å². The molecule has 2 aromatic heterocycles. The average molecular weight is 779 g/mol. The van der Waals surface area contributed by atoms with Crippen molar-refractivity contribution in [2.75, 3.05) is 4.90 Å². The van der Waals surface area contributed by atoms with Gasteiger partial charge in [0.15, 0.2) is 0 Å². The van der Waals surface area contributed by atoms with E-state index in [2.05, 4.69) is 228 Å². The zero-order valence-electron chi connectivity index (χ0n) is 33.2. The van der Waals surface area contributed by atoms with E-state index in [1.807, 2.05) is 12.1 Å². The van der Waals surface area contributed by atoms with Crippen LogP contribution in [0.4, 0.5) is 17.1 Å². The number of hydrogen-bond acceptors (Lipinski definition) is 2. The first-order valence-corrected chi connectivity index (χ1v) is 20.8. The van der Waals surface area contributed by atoms with Crippen LogP contribution < -0.4 is 4.90 Å². The Labute approximate surface area is 353 Å². The highest BCUT2D eigenvalue weighted by atomic mass is 16.3. The van der Waals surface area contributed by atoms with Gasteiger partial charge in [0, 0.05) is 49.4 Å². The fourth-order valence-electron chi connectivity index (χ4n) is 9.36. The Morgan fingerprint density at radius 1 is 0.344 bits per heavy atom. The molecule has 0 saturated heterocycles.